The van der Waals surface area contributed by atoms with E-state index in [-0.39, 0.29) is 12.1 Å². The topological polar surface area (TPSA) is 48.0 Å². The van der Waals surface area contributed by atoms with Crippen molar-refractivity contribution in [3.63, 3.8) is 0 Å². The predicted octanol–water partition coefficient (Wildman–Crippen LogP) is 4.76. The van der Waals surface area contributed by atoms with Crippen LogP contribution in [0.5, 0.6) is 0 Å². The van der Waals surface area contributed by atoms with Gasteiger partial charge in [0.05, 0.1) is 7.11 Å². The minimum atomic E-state index is -0.176. The van der Waals surface area contributed by atoms with E-state index in [1.165, 1.54) is 26.4 Å². The molecule has 1 heterocycles. The Balaban J connectivity index is 2.57. The van der Waals surface area contributed by atoms with Crippen LogP contribution in [0, 0.1) is 5.92 Å². The summed E-state index contributed by atoms with van der Waals surface area (Å²) >= 11 is 0. The number of likely N-dealkylation sites (tertiary alicyclic amines) is 1. The molecule has 0 N–H and O–H groups in total. The first kappa shape index (κ1) is 22.0. The normalized spacial score (nSPS) is 23.5. The van der Waals surface area contributed by atoms with Crippen LogP contribution in [-0.4, -0.2) is 50.7 Å². The molecule has 1 aliphatic rings. The predicted molar refractivity (Wildman–Crippen MR) is 101 cm³/mol. The summed E-state index contributed by atoms with van der Waals surface area (Å²) in [4.78, 5) is 14.5. The van der Waals surface area contributed by atoms with E-state index in [1.807, 2.05) is 11.0 Å². The number of ether oxygens (including phenoxy) is 3. The molecule has 0 aliphatic carbocycles. The molecule has 0 spiro atoms. The number of hydrogen-bond acceptors (Lipinski definition) is 4. The molecule has 1 amide bonds. The monoisotopic (exact) mass is 355 g/mol. The molecule has 1 rings (SSSR count). The number of piperidine rings is 1. The van der Waals surface area contributed by atoms with Gasteiger partial charge in [-0.05, 0) is 50.9 Å². The van der Waals surface area contributed by atoms with E-state index in [4.69, 9.17) is 14.2 Å². The van der Waals surface area contributed by atoms with Gasteiger partial charge in [-0.25, -0.2) is 4.79 Å². The van der Waals surface area contributed by atoms with Crippen molar-refractivity contribution in [3.05, 3.63) is 12.7 Å². The summed E-state index contributed by atoms with van der Waals surface area (Å²) in [6.07, 6.45) is 11.6. The number of carbonyl (C=O) groups excluding carboxylic acids is 1. The Morgan fingerprint density at radius 3 is 2.64 bits per heavy atom. The van der Waals surface area contributed by atoms with Gasteiger partial charge >= 0.3 is 6.09 Å². The van der Waals surface area contributed by atoms with E-state index in [0.29, 0.717) is 25.4 Å². The van der Waals surface area contributed by atoms with Gasteiger partial charge in [0.1, 0.15) is 6.79 Å². The van der Waals surface area contributed by atoms with E-state index < -0.39 is 0 Å². The van der Waals surface area contributed by atoms with Crippen LogP contribution >= 0.6 is 0 Å². The fourth-order valence-corrected chi connectivity index (χ4v) is 3.81. The van der Waals surface area contributed by atoms with Crippen molar-refractivity contribution < 1.29 is 19.0 Å². The molecule has 146 valence electrons. The van der Waals surface area contributed by atoms with Crippen LogP contribution in [-0.2, 0) is 14.2 Å². The highest BCUT2D eigenvalue weighted by atomic mass is 16.7. The lowest BCUT2D eigenvalue weighted by Gasteiger charge is -2.45. The summed E-state index contributed by atoms with van der Waals surface area (Å²) in [5.41, 5.74) is 0. The van der Waals surface area contributed by atoms with Crippen molar-refractivity contribution in [3.8, 4) is 0 Å². The Morgan fingerprint density at radius 1 is 1.16 bits per heavy atom. The Morgan fingerprint density at radius 2 is 1.96 bits per heavy atom. The van der Waals surface area contributed by atoms with Crippen LogP contribution in [0.2, 0.25) is 0 Å². The molecule has 5 heteroatoms. The van der Waals surface area contributed by atoms with Gasteiger partial charge in [-0.2, -0.15) is 0 Å². The maximum atomic E-state index is 12.4. The fraction of sp³-hybridized carbons (Fsp3) is 0.850. The van der Waals surface area contributed by atoms with Crippen molar-refractivity contribution >= 4 is 6.09 Å². The molecule has 1 fully saturated rings. The van der Waals surface area contributed by atoms with Gasteiger partial charge in [-0.3, -0.25) is 0 Å². The summed E-state index contributed by atoms with van der Waals surface area (Å²) in [6.45, 7) is 7.01. The first-order valence-electron chi connectivity index (χ1n) is 9.69. The molecule has 0 bridgehead atoms. The SMILES string of the molecule is C=CCCCCC[C@@H]1CC[C@@H](C)[C@H](CCCOCOC)N1C(=O)OC. The number of rotatable bonds is 12. The first-order valence-corrected chi connectivity index (χ1v) is 9.69. The zero-order valence-electron chi connectivity index (χ0n) is 16.4. The van der Waals surface area contributed by atoms with Crippen molar-refractivity contribution in [1.29, 1.82) is 0 Å². The lowest BCUT2D eigenvalue weighted by atomic mass is 9.83. The highest BCUT2D eigenvalue weighted by Gasteiger charge is 2.38. The van der Waals surface area contributed by atoms with Crippen molar-refractivity contribution in [2.75, 3.05) is 27.6 Å². The standard InChI is InChI=1S/C20H37NO4/c1-5-6-7-8-9-11-18-14-13-17(2)19(21(18)20(22)24-4)12-10-15-25-16-23-3/h5,17-19H,1,6-16H2,2-4H3/t17-,18-,19+/m1/s1. The average Bonchev–Trinajstić information content (AvgIpc) is 2.62. The molecule has 25 heavy (non-hydrogen) atoms. The highest BCUT2D eigenvalue weighted by molar-refractivity contribution is 5.68. The van der Waals surface area contributed by atoms with Gasteiger partial charge in [0.15, 0.2) is 0 Å². The van der Waals surface area contributed by atoms with Gasteiger partial charge in [0.25, 0.3) is 0 Å². The third-order valence-electron chi connectivity index (χ3n) is 5.18. The van der Waals surface area contributed by atoms with Gasteiger partial charge < -0.3 is 19.1 Å². The van der Waals surface area contributed by atoms with Crippen LogP contribution in [0.25, 0.3) is 0 Å². The summed E-state index contributed by atoms with van der Waals surface area (Å²) in [5.74, 6) is 0.499. The van der Waals surface area contributed by atoms with Crippen molar-refractivity contribution in [2.45, 2.75) is 76.8 Å². The third kappa shape index (κ3) is 7.78. The van der Waals surface area contributed by atoms with E-state index in [1.54, 1.807) is 7.11 Å². The fourth-order valence-electron chi connectivity index (χ4n) is 3.81. The van der Waals surface area contributed by atoms with Gasteiger partial charge in [0, 0.05) is 25.8 Å². The lowest BCUT2D eigenvalue weighted by Crippen LogP contribution is -2.53. The first-order chi connectivity index (χ1) is 12.2. The zero-order valence-corrected chi connectivity index (χ0v) is 16.4. The Hall–Kier alpha value is -1.07. The molecule has 1 aliphatic heterocycles. The van der Waals surface area contributed by atoms with Crippen LogP contribution in [0.1, 0.15) is 64.7 Å². The number of allylic oxidation sites excluding steroid dienone is 1. The summed E-state index contributed by atoms with van der Waals surface area (Å²) in [6, 6.07) is 0.544. The number of methoxy groups -OCH3 is 2. The average molecular weight is 356 g/mol. The summed E-state index contributed by atoms with van der Waals surface area (Å²) in [5, 5.41) is 0. The number of carbonyl (C=O) groups is 1. The smallest absolute Gasteiger partial charge is 0.409 e. The summed E-state index contributed by atoms with van der Waals surface area (Å²) < 4.78 is 15.4. The maximum absolute atomic E-state index is 12.4. The second-order valence-electron chi connectivity index (χ2n) is 7.04. The lowest BCUT2D eigenvalue weighted by molar-refractivity contribution is -0.0355. The Labute approximate surface area is 153 Å². The second-order valence-corrected chi connectivity index (χ2v) is 7.04. The molecule has 0 unspecified atom stereocenters. The Bertz CT molecular complexity index is 375. The van der Waals surface area contributed by atoms with Crippen LogP contribution in [0.3, 0.4) is 0 Å². The van der Waals surface area contributed by atoms with Crippen molar-refractivity contribution in [1.82, 2.24) is 4.90 Å². The number of nitrogens with zero attached hydrogens (tertiary/aromatic N) is 1. The molecule has 5 nitrogen and oxygen atoms in total. The van der Waals surface area contributed by atoms with Gasteiger partial charge in [-0.1, -0.05) is 25.8 Å². The van der Waals surface area contributed by atoms with E-state index in [9.17, 15) is 4.79 Å². The summed E-state index contributed by atoms with van der Waals surface area (Å²) in [7, 11) is 3.11. The quantitative estimate of drug-likeness (QED) is 0.288. The van der Waals surface area contributed by atoms with E-state index >= 15 is 0 Å². The highest BCUT2D eigenvalue weighted by Crippen LogP contribution is 2.33. The molecule has 3 atom stereocenters. The van der Waals surface area contributed by atoms with E-state index in [0.717, 1.165) is 38.5 Å². The molecule has 0 saturated carbocycles. The van der Waals surface area contributed by atoms with Gasteiger partial charge in [0.2, 0.25) is 0 Å². The number of unbranched alkanes of at least 4 members (excludes halogenated alkanes) is 3. The van der Waals surface area contributed by atoms with Crippen molar-refractivity contribution in [2.24, 2.45) is 5.92 Å². The Kier molecular flexibility index (Phi) is 11.6. The van der Waals surface area contributed by atoms with E-state index in [2.05, 4.69) is 13.5 Å². The zero-order chi connectivity index (χ0) is 18.5. The van der Waals surface area contributed by atoms with Crippen LogP contribution < -0.4 is 0 Å². The molecular formula is C20H37NO4. The largest absolute Gasteiger partial charge is 0.453 e. The molecular weight excluding hydrogens is 318 g/mol. The minimum absolute atomic E-state index is 0.176. The van der Waals surface area contributed by atoms with Crippen LogP contribution in [0.4, 0.5) is 4.79 Å². The van der Waals surface area contributed by atoms with Crippen LogP contribution in [0.15, 0.2) is 12.7 Å². The molecule has 0 radical (unpaired) electrons. The number of amides is 1. The molecule has 0 aromatic carbocycles. The third-order valence-corrected chi connectivity index (χ3v) is 5.18. The molecule has 1 saturated heterocycles. The molecule has 0 aromatic heterocycles. The van der Waals surface area contributed by atoms with Gasteiger partial charge in [-0.15, -0.1) is 6.58 Å². The number of hydrogen-bond donors (Lipinski definition) is 0. The minimum Gasteiger partial charge on any atom is -0.453 e. The second kappa shape index (κ2) is 13.2. The molecule has 0 aromatic rings. The maximum Gasteiger partial charge on any atom is 0.409 e.